The van der Waals surface area contributed by atoms with Crippen molar-refractivity contribution in [2.45, 2.75) is 394 Å². The van der Waals surface area contributed by atoms with Crippen LogP contribution in [0.25, 0.3) is 0 Å². The lowest BCUT2D eigenvalue weighted by Crippen LogP contribution is -2.30. The van der Waals surface area contributed by atoms with Crippen LogP contribution in [0.4, 0.5) is 0 Å². The van der Waals surface area contributed by atoms with Gasteiger partial charge in [-0.05, 0) is 37.5 Å². The molecule has 546 valence electrons. The van der Waals surface area contributed by atoms with Gasteiger partial charge in [0.1, 0.15) is 19.3 Å². The van der Waals surface area contributed by atoms with E-state index in [2.05, 4.69) is 41.5 Å². The first kappa shape index (κ1) is 90.1. The fraction of sp³-hybridized carbons (Fsp3) is 0.945. The van der Waals surface area contributed by atoms with Gasteiger partial charge in [0.05, 0.1) is 26.4 Å². The third-order valence-corrected chi connectivity index (χ3v) is 19.2. The molecule has 0 spiro atoms. The van der Waals surface area contributed by atoms with Crippen LogP contribution in [0.15, 0.2) is 0 Å². The van der Waals surface area contributed by atoms with Crippen molar-refractivity contribution in [3.8, 4) is 0 Å². The van der Waals surface area contributed by atoms with E-state index in [0.29, 0.717) is 25.7 Å². The van der Waals surface area contributed by atoms with Crippen molar-refractivity contribution in [2.24, 2.45) is 11.8 Å². The van der Waals surface area contributed by atoms with Crippen LogP contribution >= 0.6 is 15.6 Å². The van der Waals surface area contributed by atoms with Crippen LogP contribution in [0.1, 0.15) is 375 Å². The first-order valence-corrected chi connectivity index (χ1v) is 41.0. The van der Waals surface area contributed by atoms with Gasteiger partial charge in [0.15, 0.2) is 12.2 Å². The topological polar surface area (TPSA) is 237 Å². The molecule has 0 aliphatic carbocycles. The lowest BCUT2D eigenvalue weighted by molar-refractivity contribution is -0.161. The maximum atomic E-state index is 13.1. The summed E-state index contributed by atoms with van der Waals surface area (Å²) in [4.78, 5) is 72.7. The summed E-state index contributed by atoms with van der Waals surface area (Å²) in [5, 5.41) is 10.6. The Kier molecular flexibility index (Phi) is 63.7. The average Bonchev–Trinajstić information content (AvgIpc) is 1.73. The lowest BCUT2D eigenvalue weighted by atomic mass is 10.00. The molecule has 0 aliphatic rings. The molecule has 0 radical (unpaired) electrons. The number of carbonyl (C=O) groups is 4. The van der Waals surface area contributed by atoms with E-state index in [0.717, 1.165) is 108 Å². The van der Waals surface area contributed by atoms with E-state index in [1.807, 2.05) is 0 Å². The number of aliphatic hydroxyl groups excluding tert-OH is 1. The largest absolute Gasteiger partial charge is 0.472 e. The Labute approximate surface area is 562 Å². The zero-order chi connectivity index (χ0) is 67.9. The molecule has 3 N–H and O–H groups in total. The monoisotopic (exact) mass is 1350 g/mol. The number of esters is 4. The quantitative estimate of drug-likeness (QED) is 0.0222. The number of hydrogen-bond donors (Lipinski definition) is 3. The van der Waals surface area contributed by atoms with E-state index in [1.54, 1.807) is 0 Å². The maximum absolute atomic E-state index is 13.1. The van der Waals surface area contributed by atoms with Crippen molar-refractivity contribution >= 4 is 39.5 Å². The third-order valence-electron chi connectivity index (χ3n) is 17.3. The number of phosphoric ester groups is 2. The minimum atomic E-state index is -4.95. The van der Waals surface area contributed by atoms with E-state index in [4.69, 9.17) is 37.0 Å². The zero-order valence-corrected chi connectivity index (χ0v) is 61.6. The van der Waals surface area contributed by atoms with Crippen LogP contribution in [0.3, 0.4) is 0 Å². The molecule has 0 heterocycles. The molecule has 0 fully saturated rings. The minimum absolute atomic E-state index is 0.104. The van der Waals surface area contributed by atoms with Crippen LogP contribution in [0.2, 0.25) is 0 Å². The van der Waals surface area contributed by atoms with Crippen LogP contribution in [0.5, 0.6) is 0 Å². The van der Waals surface area contributed by atoms with E-state index in [1.165, 1.54) is 186 Å². The van der Waals surface area contributed by atoms with Crippen molar-refractivity contribution in [3.05, 3.63) is 0 Å². The van der Waals surface area contributed by atoms with Crippen LogP contribution < -0.4 is 0 Å². The van der Waals surface area contributed by atoms with E-state index in [-0.39, 0.29) is 25.7 Å². The molecule has 92 heavy (non-hydrogen) atoms. The molecule has 19 heteroatoms. The van der Waals surface area contributed by atoms with E-state index < -0.39 is 97.5 Å². The molecule has 0 saturated heterocycles. The normalized spacial score (nSPS) is 14.4. The number of aliphatic hydroxyl groups is 1. The second kappa shape index (κ2) is 65.0. The van der Waals surface area contributed by atoms with Gasteiger partial charge in [0, 0.05) is 25.7 Å². The Morgan fingerprint density at radius 3 is 0.826 bits per heavy atom. The van der Waals surface area contributed by atoms with Gasteiger partial charge >= 0.3 is 39.5 Å². The molecule has 0 aromatic carbocycles. The van der Waals surface area contributed by atoms with Gasteiger partial charge in [0.2, 0.25) is 0 Å². The smallest absolute Gasteiger partial charge is 0.462 e. The number of hydrogen-bond acceptors (Lipinski definition) is 15. The predicted octanol–water partition coefficient (Wildman–Crippen LogP) is 21.2. The first-order chi connectivity index (χ1) is 44.4. The number of phosphoric acid groups is 2. The Morgan fingerprint density at radius 1 is 0.315 bits per heavy atom. The molecule has 0 bridgehead atoms. The summed E-state index contributed by atoms with van der Waals surface area (Å²) >= 11 is 0. The van der Waals surface area contributed by atoms with Gasteiger partial charge in [-0.1, -0.05) is 324 Å². The van der Waals surface area contributed by atoms with E-state index in [9.17, 15) is 43.2 Å². The number of carbonyl (C=O) groups excluding carboxylic acids is 4. The highest BCUT2D eigenvalue weighted by Gasteiger charge is 2.30. The zero-order valence-electron chi connectivity index (χ0n) is 59.9. The molecule has 6 atom stereocenters. The van der Waals surface area contributed by atoms with Crippen molar-refractivity contribution < 1.29 is 80.2 Å². The summed E-state index contributed by atoms with van der Waals surface area (Å²) < 4.78 is 68.4. The molecule has 17 nitrogen and oxygen atoms in total. The van der Waals surface area contributed by atoms with Gasteiger partial charge in [-0.25, -0.2) is 9.13 Å². The van der Waals surface area contributed by atoms with Gasteiger partial charge < -0.3 is 33.8 Å². The Balaban J connectivity index is 5.24. The second-order valence-electron chi connectivity index (χ2n) is 27.1. The summed E-state index contributed by atoms with van der Waals surface area (Å²) in [5.74, 6) is -0.672. The number of unbranched alkanes of at least 4 members (excludes halogenated alkanes) is 41. The molecule has 0 amide bonds. The van der Waals surface area contributed by atoms with Gasteiger partial charge in [-0.15, -0.1) is 0 Å². The van der Waals surface area contributed by atoms with Crippen LogP contribution in [-0.2, 0) is 65.4 Å². The molecular formula is C73H142O17P2. The SMILES string of the molecule is CCCCCCCCCCCCCCCCCCCC(=O)O[C@H](COC(=O)CCCCCCCCCCCCCCCC)COP(=O)(O)OC[C@@H](O)COP(=O)(O)OC[C@@H](COC(=O)CCCCCCCCC(C)CC)OC(=O)CCCCCCCCCCC(C)C. The summed E-state index contributed by atoms with van der Waals surface area (Å²) in [5.41, 5.74) is 0. The molecule has 0 aromatic rings. The van der Waals surface area contributed by atoms with Crippen LogP contribution in [0, 0.1) is 11.8 Å². The highest BCUT2D eigenvalue weighted by molar-refractivity contribution is 7.47. The summed E-state index contributed by atoms with van der Waals surface area (Å²) in [6, 6.07) is 0. The average molecular weight is 1350 g/mol. The summed E-state index contributed by atoms with van der Waals surface area (Å²) in [6.07, 6.45) is 51.4. The van der Waals surface area contributed by atoms with Gasteiger partial charge in [-0.2, -0.15) is 0 Å². The Bertz CT molecular complexity index is 1790. The molecular weight excluding hydrogens is 1210 g/mol. The maximum Gasteiger partial charge on any atom is 0.472 e. The molecule has 3 unspecified atom stereocenters. The minimum Gasteiger partial charge on any atom is -0.462 e. The standard InChI is InChI=1S/C73H142O17P2/c1-7-10-12-14-16-18-20-22-24-25-26-28-30-32-37-45-51-57-72(77)89-68(61-83-70(75)55-49-43-36-31-29-27-23-21-19-17-15-13-11-8-2)63-87-91(79,80)85-59-67(74)60-86-92(81,82)88-64-69(62-84-71(76)56-50-44-40-39-42-48-54-66(6)9-3)90-73(78)58-52-46-38-34-33-35-41-47-53-65(4)5/h65-69,74H,7-64H2,1-6H3,(H,79,80)(H,81,82)/t66?,67-,68-,69-/m1/s1. The van der Waals surface area contributed by atoms with Crippen molar-refractivity contribution in [1.82, 2.24) is 0 Å². The van der Waals surface area contributed by atoms with Crippen molar-refractivity contribution in [2.75, 3.05) is 39.6 Å². The summed E-state index contributed by atoms with van der Waals surface area (Å²) in [6.45, 7) is 9.49. The number of ether oxygens (including phenoxy) is 4. The van der Waals surface area contributed by atoms with Crippen LogP contribution in [-0.4, -0.2) is 96.7 Å². The molecule has 0 aliphatic heterocycles. The van der Waals surface area contributed by atoms with Crippen molar-refractivity contribution in [3.63, 3.8) is 0 Å². The molecule has 0 rings (SSSR count). The highest BCUT2D eigenvalue weighted by Crippen LogP contribution is 2.45. The fourth-order valence-corrected chi connectivity index (χ4v) is 12.7. The molecule has 0 saturated carbocycles. The Hall–Kier alpha value is -1.94. The second-order valence-corrected chi connectivity index (χ2v) is 30.0. The lowest BCUT2D eigenvalue weighted by Gasteiger charge is -2.21. The Morgan fingerprint density at radius 2 is 0.554 bits per heavy atom. The number of rotatable bonds is 72. The highest BCUT2D eigenvalue weighted by atomic mass is 31.2. The predicted molar refractivity (Wildman–Crippen MR) is 372 cm³/mol. The van der Waals surface area contributed by atoms with Gasteiger partial charge in [0.25, 0.3) is 0 Å². The van der Waals surface area contributed by atoms with Gasteiger partial charge in [-0.3, -0.25) is 37.3 Å². The molecule has 0 aromatic heterocycles. The van der Waals surface area contributed by atoms with Crippen molar-refractivity contribution in [1.29, 1.82) is 0 Å². The summed E-state index contributed by atoms with van der Waals surface area (Å²) in [7, 11) is -9.91. The third kappa shape index (κ3) is 65.4. The van der Waals surface area contributed by atoms with E-state index >= 15 is 0 Å². The fourth-order valence-electron chi connectivity index (χ4n) is 11.1. The first-order valence-electron chi connectivity index (χ1n) is 38.0.